The third-order valence-electron chi connectivity index (χ3n) is 3.12. The minimum absolute atomic E-state index is 0.0392. The fourth-order valence-corrected chi connectivity index (χ4v) is 1.77. The quantitative estimate of drug-likeness (QED) is 0.880. The van der Waals surface area contributed by atoms with Gasteiger partial charge in [-0.1, -0.05) is 0 Å². The lowest BCUT2D eigenvalue weighted by atomic mass is 10.2. The van der Waals surface area contributed by atoms with Gasteiger partial charge in [0.05, 0.1) is 0 Å². The summed E-state index contributed by atoms with van der Waals surface area (Å²) in [5, 5.41) is 0. The third kappa shape index (κ3) is 3.20. The Labute approximate surface area is 110 Å². The Balaban J connectivity index is 2.00. The Morgan fingerprint density at radius 3 is 2.47 bits per heavy atom. The van der Waals surface area contributed by atoms with E-state index in [2.05, 4.69) is 0 Å². The van der Waals surface area contributed by atoms with Gasteiger partial charge in [0.1, 0.15) is 0 Å². The van der Waals surface area contributed by atoms with Crippen LogP contribution < -0.4 is 10.5 Å². The summed E-state index contributed by atoms with van der Waals surface area (Å²) >= 11 is 0. The summed E-state index contributed by atoms with van der Waals surface area (Å²) in [5.74, 6) is -2.51. The van der Waals surface area contributed by atoms with Gasteiger partial charge in [0.25, 0.3) is 5.91 Å². The fourth-order valence-electron chi connectivity index (χ4n) is 1.77. The van der Waals surface area contributed by atoms with Crippen molar-refractivity contribution in [3.63, 3.8) is 0 Å². The number of benzene rings is 1. The van der Waals surface area contributed by atoms with Gasteiger partial charge in [-0.3, -0.25) is 4.79 Å². The molecule has 1 aliphatic carbocycles. The van der Waals surface area contributed by atoms with Crippen LogP contribution in [-0.4, -0.2) is 30.5 Å². The molecule has 2 rings (SSSR count). The number of halogens is 2. The van der Waals surface area contributed by atoms with Crippen LogP contribution in [0.1, 0.15) is 18.4 Å². The zero-order valence-electron chi connectivity index (χ0n) is 10.7. The number of hydrogen-bond donors (Lipinski definition) is 1. The molecule has 4 nitrogen and oxygen atoms in total. The molecule has 1 amide bonds. The summed E-state index contributed by atoms with van der Waals surface area (Å²) in [6.07, 6.45) is 1.94. The van der Waals surface area contributed by atoms with Crippen LogP contribution >= 0.6 is 0 Å². The second kappa shape index (κ2) is 5.52. The van der Waals surface area contributed by atoms with Gasteiger partial charge in [0.15, 0.2) is 24.0 Å². The van der Waals surface area contributed by atoms with E-state index in [9.17, 15) is 13.6 Å². The zero-order valence-corrected chi connectivity index (χ0v) is 10.7. The first-order valence-corrected chi connectivity index (χ1v) is 6.09. The Hall–Kier alpha value is -1.69. The SMILES string of the molecule is CN(C(=O)COc1c(F)cc(CN)cc1F)C1CC1. The lowest BCUT2D eigenvalue weighted by Crippen LogP contribution is -2.33. The molecule has 1 aromatic rings. The van der Waals surface area contributed by atoms with Crippen LogP contribution in [0.4, 0.5) is 8.78 Å². The van der Waals surface area contributed by atoms with Crippen molar-refractivity contribution in [2.45, 2.75) is 25.4 Å². The van der Waals surface area contributed by atoms with Crippen LogP contribution in [0.25, 0.3) is 0 Å². The molecule has 0 spiro atoms. The molecule has 0 heterocycles. The number of carbonyl (C=O) groups is 1. The van der Waals surface area contributed by atoms with E-state index in [1.807, 2.05) is 0 Å². The van der Waals surface area contributed by atoms with Crippen molar-refractivity contribution in [3.05, 3.63) is 29.3 Å². The molecule has 1 saturated carbocycles. The van der Waals surface area contributed by atoms with Gasteiger partial charge in [-0.05, 0) is 30.5 Å². The smallest absolute Gasteiger partial charge is 0.260 e. The molecule has 0 bridgehead atoms. The van der Waals surface area contributed by atoms with Crippen LogP contribution in [0.5, 0.6) is 5.75 Å². The lowest BCUT2D eigenvalue weighted by molar-refractivity contribution is -0.132. The monoisotopic (exact) mass is 270 g/mol. The van der Waals surface area contributed by atoms with Crippen molar-refractivity contribution in [1.82, 2.24) is 4.90 Å². The van der Waals surface area contributed by atoms with Crippen molar-refractivity contribution in [1.29, 1.82) is 0 Å². The first-order valence-electron chi connectivity index (χ1n) is 6.09. The van der Waals surface area contributed by atoms with Gasteiger partial charge in [-0.2, -0.15) is 0 Å². The number of likely N-dealkylation sites (N-methyl/N-ethyl adjacent to an activating group) is 1. The number of rotatable bonds is 5. The lowest BCUT2D eigenvalue weighted by Gasteiger charge is -2.17. The van der Waals surface area contributed by atoms with Gasteiger partial charge in [0.2, 0.25) is 0 Å². The second-order valence-corrected chi connectivity index (χ2v) is 4.62. The van der Waals surface area contributed by atoms with Crippen LogP contribution in [0.2, 0.25) is 0 Å². The first-order chi connectivity index (χ1) is 9.02. The molecule has 0 aromatic heterocycles. The van der Waals surface area contributed by atoms with E-state index in [1.54, 1.807) is 11.9 Å². The third-order valence-corrected chi connectivity index (χ3v) is 3.12. The molecule has 2 N–H and O–H groups in total. The summed E-state index contributed by atoms with van der Waals surface area (Å²) in [4.78, 5) is 13.2. The van der Waals surface area contributed by atoms with Crippen LogP contribution in [0, 0.1) is 11.6 Å². The number of hydrogen-bond acceptors (Lipinski definition) is 3. The molecule has 6 heteroatoms. The fraction of sp³-hybridized carbons (Fsp3) is 0.462. The summed E-state index contributed by atoms with van der Waals surface area (Å²) in [5.41, 5.74) is 5.64. The van der Waals surface area contributed by atoms with E-state index in [-0.39, 0.29) is 25.1 Å². The number of carbonyl (C=O) groups excluding carboxylic acids is 1. The Bertz CT molecular complexity index is 467. The molecule has 1 fully saturated rings. The van der Waals surface area contributed by atoms with Crippen molar-refractivity contribution >= 4 is 5.91 Å². The van der Waals surface area contributed by atoms with Crippen molar-refractivity contribution in [2.24, 2.45) is 5.73 Å². The van der Waals surface area contributed by atoms with Crippen molar-refractivity contribution in [3.8, 4) is 5.75 Å². The predicted molar refractivity (Wildman–Crippen MR) is 65.5 cm³/mol. The van der Waals surface area contributed by atoms with Crippen molar-refractivity contribution < 1.29 is 18.3 Å². The summed E-state index contributed by atoms with van der Waals surface area (Å²) < 4.78 is 32.1. The second-order valence-electron chi connectivity index (χ2n) is 4.62. The van der Waals surface area contributed by atoms with Crippen LogP contribution in [-0.2, 0) is 11.3 Å². The van der Waals surface area contributed by atoms with Gasteiger partial charge < -0.3 is 15.4 Å². The van der Waals surface area contributed by atoms with Crippen LogP contribution in [0.15, 0.2) is 12.1 Å². The van der Waals surface area contributed by atoms with Gasteiger partial charge in [0, 0.05) is 19.6 Å². The average Bonchev–Trinajstić information content (AvgIpc) is 3.20. The molecule has 0 atom stereocenters. The normalized spacial score (nSPS) is 14.3. The maximum atomic E-state index is 13.6. The maximum absolute atomic E-state index is 13.6. The van der Waals surface area contributed by atoms with Gasteiger partial charge in [-0.15, -0.1) is 0 Å². The number of nitrogens with zero attached hydrogens (tertiary/aromatic N) is 1. The standard InChI is InChI=1S/C13H16F2N2O2/c1-17(9-2-3-9)12(18)7-19-13-10(14)4-8(6-16)5-11(13)15/h4-5,9H,2-3,6-7,16H2,1H3. The van der Waals surface area contributed by atoms with Gasteiger partial charge in [-0.25, -0.2) is 8.78 Å². The van der Waals surface area contributed by atoms with Gasteiger partial charge >= 0.3 is 0 Å². The molecule has 0 radical (unpaired) electrons. The Kier molecular flexibility index (Phi) is 3.99. The topological polar surface area (TPSA) is 55.6 Å². The molecule has 0 saturated heterocycles. The van der Waals surface area contributed by atoms with E-state index in [0.717, 1.165) is 25.0 Å². The summed E-state index contributed by atoms with van der Waals surface area (Å²) in [6.45, 7) is -0.333. The van der Waals surface area contributed by atoms with E-state index in [1.165, 1.54) is 0 Å². The van der Waals surface area contributed by atoms with Crippen molar-refractivity contribution in [2.75, 3.05) is 13.7 Å². The van der Waals surface area contributed by atoms with E-state index < -0.39 is 17.4 Å². The highest BCUT2D eigenvalue weighted by Gasteiger charge is 2.29. The Morgan fingerprint density at radius 2 is 2.00 bits per heavy atom. The van der Waals surface area contributed by atoms with E-state index in [0.29, 0.717) is 5.56 Å². The predicted octanol–water partition coefficient (Wildman–Crippen LogP) is 1.42. The maximum Gasteiger partial charge on any atom is 0.260 e. The largest absolute Gasteiger partial charge is 0.478 e. The van der Waals surface area contributed by atoms with Crippen LogP contribution in [0.3, 0.4) is 0 Å². The molecular formula is C13H16F2N2O2. The molecular weight excluding hydrogens is 254 g/mol. The van der Waals surface area contributed by atoms with E-state index in [4.69, 9.17) is 10.5 Å². The minimum atomic E-state index is -0.845. The molecule has 0 unspecified atom stereocenters. The molecule has 1 aliphatic rings. The zero-order chi connectivity index (χ0) is 14.0. The average molecular weight is 270 g/mol. The highest BCUT2D eigenvalue weighted by atomic mass is 19.1. The first kappa shape index (κ1) is 13.7. The molecule has 104 valence electrons. The molecule has 0 aliphatic heterocycles. The Morgan fingerprint density at radius 1 is 1.42 bits per heavy atom. The number of ether oxygens (including phenoxy) is 1. The number of nitrogens with two attached hydrogens (primary N) is 1. The minimum Gasteiger partial charge on any atom is -0.478 e. The highest BCUT2D eigenvalue weighted by Crippen LogP contribution is 2.26. The number of amides is 1. The highest BCUT2D eigenvalue weighted by molar-refractivity contribution is 5.78. The summed E-state index contributed by atoms with van der Waals surface area (Å²) in [6, 6.07) is 2.45. The molecule has 19 heavy (non-hydrogen) atoms. The van der Waals surface area contributed by atoms with E-state index >= 15 is 0 Å². The molecule has 1 aromatic carbocycles. The summed E-state index contributed by atoms with van der Waals surface area (Å²) in [7, 11) is 1.66.